The SMILES string of the molecule is O=C1C(=O)N(CCCN2CCOCC2)C(c2ccccc2)/C1=C(/O)c1ccc2c(c1)OCCO2. The molecule has 2 aromatic rings. The molecule has 5 rings (SSSR count). The molecule has 1 amide bonds. The molecule has 3 heterocycles. The number of ether oxygens (including phenoxy) is 3. The molecule has 0 bridgehead atoms. The lowest BCUT2D eigenvalue weighted by Gasteiger charge is -2.29. The van der Waals surface area contributed by atoms with Crippen LogP contribution in [0, 0.1) is 0 Å². The first-order chi connectivity index (χ1) is 16.6. The lowest BCUT2D eigenvalue weighted by Crippen LogP contribution is -2.38. The van der Waals surface area contributed by atoms with Crippen LogP contribution in [0.15, 0.2) is 54.1 Å². The first-order valence-electron chi connectivity index (χ1n) is 11.7. The molecule has 0 saturated carbocycles. The van der Waals surface area contributed by atoms with Crippen molar-refractivity contribution in [3.8, 4) is 11.5 Å². The summed E-state index contributed by atoms with van der Waals surface area (Å²) < 4.78 is 16.6. The lowest BCUT2D eigenvalue weighted by molar-refractivity contribution is -0.140. The van der Waals surface area contributed by atoms with Crippen LogP contribution in [0.3, 0.4) is 0 Å². The van der Waals surface area contributed by atoms with Crippen LogP contribution in [-0.2, 0) is 14.3 Å². The summed E-state index contributed by atoms with van der Waals surface area (Å²) in [7, 11) is 0. The van der Waals surface area contributed by atoms with Gasteiger partial charge in [-0.05, 0) is 30.2 Å². The molecular formula is C26H28N2O6. The number of aliphatic hydroxyl groups is 1. The zero-order chi connectivity index (χ0) is 23.5. The second-order valence-corrected chi connectivity index (χ2v) is 8.57. The van der Waals surface area contributed by atoms with E-state index in [1.54, 1.807) is 23.1 Å². The minimum Gasteiger partial charge on any atom is -0.507 e. The fourth-order valence-electron chi connectivity index (χ4n) is 4.73. The van der Waals surface area contributed by atoms with Gasteiger partial charge in [0.05, 0.1) is 24.8 Å². The maximum atomic E-state index is 13.2. The van der Waals surface area contributed by atoms with E-state index in [1.807, 2.05) is 30.3 Å². The Morgan fingerprint density at radius 3 is 2.41 bits per heavy atom. The minimum atomic E-state index is -0.674. The van der Waals surface area contributed by atoms with Gasteiger partial charge in [-0.1, -0.05) is 30.3 Å². The van der Waals surface area contributed by atoms with E-state index >= 15 is 0 Å². The van der Waals surface area contributed by atoms with Crippen molar-refractivity contribution in [3.63, 3.8) is 0 Å². The van der Waals surface area contributed by atoms with Crippen molar-refractivity contribution in [2.75, 3.05) is 52.6 Å². The van der Waals surface area contributed by atoms with E-state index in [0.29, 0.717) is 50.0 Å². The number of ketones is 1. The highest BCUT2D eigenvalue weighted by Gasteiger charge is 2.45. The minimum absolute atomic E-state index is 0.0965. The Morgan fingerprint density at radius 1 is 0.912 bits per heavy atom. The Bertz CT molecular complexity index is 1090. The predicted octanol–water partition coefficient (Wildman–Crippen LogP) is 2.60. The number of morpholine rings is 1. The Kier molecular flexibility index (Phi) is 6.51. The third-order valence-corrected chi connectivity index (χ3v) is 6.45. The van der Waals surface area contributed by atoms with Crippen LogP contribution in [0.4, 0.5) is 0 Å². The van der Waals surface area contributed by atoms with Gasteiger partial charge in [0, 0.05) is 31.7 Å². The van der Waals surface area contributed by atoms with E-state index in [2.05, 4.69) is 4.90 Å². The van der Waals surface area contributed by atoms with Gasteiger partial charge in [0.1, 0.15) is 19.0 Å². The van der Waals surface area contributed by atoms with Crippen LogP contribution in [0.5, 0.6) is 11.5 Å². The van der Waals surface area contributed by atoms with E-state index in [1.165, 1.54) is 0 Å². The molecule has 2 aromatic carbocycles. The number of hydrogen-bond acceptors (Lipinski definition) is 7. The molecule has 34 heavy (non-hydrogen) atoms. The van der Waals surface area contributed by atoms with Crippen LogP contribution in [0.2, 0.25) is 0 Å². The van der Waals surface area contributed by atoms with Gasteiger partial charge >= 0.3 is 0 Å². The van der Waals surface area contributed by atoms with Crippen molar-refractivity contribution >= 4 is 17.4 Å². The fraction of sp³-hybridized carbons (Fsp3) is 0.385. The number of rotatable bonds is 6. The Hall–Kier alpha value is -3.36. The van der Waals surface area contributed by atoms with E-state index in [-0.39, 0.29) is 11.3 Å². The first kappa shape index (κ1) is 22.4. The normalized spacial score (nSPS) is 22.2. The number of carbonyl (C=O) groups is 2. The van der Waals surface area contributed by atoms with Crippen LogP contribution in [0.1, 0.15) is 23.6 Å². The molecule has 178 valence electrons. The van der Waals surface area contributed by atoms with Gasteiger partial charge in [-0.25, -0.2) is 0 Å². The largest absolute Gasteiger partial charge is 0.507 e. The first-order valence-corrected chi connectivity index (χ1v) is 11.7. The standard InChI is InChI=1S/C26H28N2O6/c29-24(19-7-8-20-21(17-19)34-16-15-33-20)22-23(18-5-2-1-3-6-18)28(26(31)25(22)30)10-4-9-27-11-13-32-14-12-27/h1-3,5-8,17,23,29H,4,9-16H2/b24-22-. The van der Waals surface area contributed by atoms with Crippen LogP contribution in [0.25, 0.3) is 5.76 Å². The molecule has 2 fully saturated rings. The van der Waals surface area contributed by atoms with E-state index < -0.39 is 17.7 Å². The summed E-state index contributed by atoms with van der Waals surface area (Å²) in [5.41, 5.74) is 1.29. The van der Waals surface area contributed by atoms with Crippen molar-refractivity contribution in [2.45, 2.75) is 12.5 Å². The van der Waals surface area contributed by atoms with E-state index in [0.717, 1.165) is 31.6 Å². The lowest BCUT2D eigenvalue weighted by atomic mass is 9.95. The number of nitrogens with zero attached hydrogens (tertiary/aromatic N) is 2. The van der Waals surface area contributed by atoms with Crippen LogP contribution < -0.4 is 9.47 Å². The fourth-order valence-corrected chi connectivity index (χ4v) is 4.73. The summed E-state index contributed by atoms with van der Waals surface area (Å²) in [6, 6.07) is 13.8. The van der Waals surface area contributed by atoms with Gasteiger partial charge in [-0.15, -0.1) is 0 Å². The van der Waals surface area contributed by atoms with Crippen molar-refractivity contribution in [1.29, 1.82) is 0 Å². The van der Waals surface area contributed by atoms with Crippen molar-refractivity contribution < 1.29 is 28.9 Å². The van der Waals surface area contributed by atoms with Gasteiger partial charge in [0.2, 0.25) is 0 Å². The zero-order valence-corrected chi connectivity index (χ0v) is 18.9. The smallest absolute Gasteiger partial charge is 0.295 e. The van der Waals surface area contributed by atoms with Crippen LogP contribution >= 0.6 is 0 Å². The highest BCUT2D eigenvalue weighted by molar-refractivity contribution is 6.46. The molecule has 3 aliphatic heterocycles. The summed E-state index contributed by atoms with van der Waals surface area (Å²) in [5.74, 6) is -0.375. The van der Waals surface area contributed by atoms with Crippen molar-refractivity contribution in [3.05, 3.63) is 65.2 Å². The number of Topliss-reactive ketones (excluding diaryl/α,β-unsaturated/α-hetero) is 1. The van der Waals surface area contributed by atoms with Gasteiger partial charge in [-0.3, -0.25) is 14.5 Å². The molecule has 0 aliphatic carbocycles. The second kappa shape index (κ2) is 9.87. The Labute approximate surface area is 198 Å². The topological polar surface area (TPSA) is 88.5 Å². The molecule has 1 atom stereocenters. The maximum Gasteiger partial charge on any atom is 0.295 e. The van der Waals surface area contributed by atoms with Gasteiger partial charge < -0.3 is 24.2 Å². The molecule has 1 N–H and O–H groups in total. The summed E-state index contributed by atoms with van der Waals surface area (Å²) in [4.78, 5) is 30.2. The molecule has 0 radical (unpaired) electrons. The third-order valence-electron chi connectivity index (χ3n) is 6.45. The zero-order valence-electron chi connectivity index (χ0n) is 18.9. The summed E-state index contributed by atoms with van der Waals surface area (Å²) in [5, 5.41) is 11.3. The average Bonchev–Trinajstić information content (AvgIpc) is 3.14. The maximum absolute atomic E-state index is 13.2. The molecular weight excluding hydrogens is 436 g/mol. The van der Waals surface area contributed by atoms with Gasteiger partial charge in [0.15, 0.2) is 11.5 Å². The Morgan fingerprint density at radius 2 is 1.65 bits per heavy atom. The molecule has 0 aromatic heterocycles. The number of fused-ring (bicyclic) bond motifs is 1. The van der Waals surface area contributed by atoms with Crippen LogP contribution in [-0.4, -0.2) is 79.2 Å². The molecule has 2 saturated heterocycles. The highest BCUT2D eigenvalue weighted by Crippen LogP contribution is 2.41. The second-order valence-electron chi connectivity index (χ2n) is 8.57. The molecule has 3 aliphatic rings. The number of hydrogen-bond donors (Lipinski definition) is 1. The summed E-state index contributed by atoms with van der Waals surface area (Å²) >= 11 is 0. The number of amides is 1. The number of benzene rings is 2. The average molecular weight is 465 g/mol. The molecule has 8 nitrogen and oxygen atoms in total. The number of carbonyl (C=O) groups excluding carboxylic acids is 2. The van der Waals surface area contributed by atoms with E-state index in [9.17, 15) is 14.7 Å². The molecule has 1 unspecified atom stereocenters. The quantitative estimate of drug-likeness (QED) is 0.399. The van der Waals surface area contributed by atoms with Crippen molar-refractivity contribution in [1.82, 2.24) is 9.80 Å². The highest BCUT2D eigenvalue weighted by atomic mass is 16.6. The van der Waals surface area contributed by atoms with E-state index in [4.69, 9.17) is 14.2 Å². The summed E-state index contributed by atoms with van der Waals surface area (Å²) in [6.07, 6.45) is 0.723. The molecule has 0 spiro atoms. The molecule has 8 heteroatoms. The summed E-state index contributed by atoms with van der Waals surface area (Å²) in [6.45, 7) is 5.26. The third kappa shape index (κ3) is 4.38. The van der Waals surface area contributed by atoms with Gasteiger partial charge in [0.25, 0.3) is 11.7 Å². The number of aliphatic hydroxyl groups excluding tert-OH is 1. The number of likely N-dealkylation sites (tertiary alicyclic amines) is 1. The van der Waals surface area contributed by atoms with Gasteiger partial charge in [-0.2, -0.15) is 0 Å². The predicted molar refractivity (Wildman–Crippen MR) is 125 cm³/mol. The van der Waals surface area contributed by atoms with Crippen molar-refractivity contribution in [2.24, 2.45) is 0 Å². The Balaban J connectivity index is 1.46. The monoisotopic (exact) mass is 464 g/mol.